The second-order valence-electron chi connectivity index (χ2n) is 8.87. The molecule has 1 saturated heterocycles. The predicted molar refractivity (Wildman–Crippen MR) is 147 cm³/mol. The summed E-state index contributed by atoms with van der Waals surface area (Å²) >= 11 is 7.42. The van der Waals surface area contributed by atoms with E-state index in [0.29, 0.717) is 29.8 Å². The molecule has 2 atom stereocenters. The quantitative estimate of drug-likeness (QED) is 0.364. The van der Waals surface area contributed by atoms with Crippen LogP contribution in [-0.2, 0) is 14.8 Å². The van der Waals surface area contributed by atoms with Gasteiger partial charge in [0.1, 0.15) is 6.04 Å². The highest BCUT2D eigenvalue weighted by Gasteiger charge is 2.31. The van der Waals surface area contributed by atoms with Crippen molar-refractivity contribution in [3.63, 3.8) is 0 Å². The Hall–Kier alpha value is -3.08. The molecule has 1 N–H and O–H groups in total. The topological polar surface area (TPSA) is 87.5 Å². The van der Waals surface area contributed by atoms with Crippen LogP contribution in [0.25, 0.3) is 10.9 Å². The molecule has 3 heterocycles. The molecule has 1 amide bonds. The molecule has 0 saturated carbocycles. The van der Waals surface area contributed by atoms with Crippen LogP contribution in [0, 0.1) is 0 Å². The lowest BCUT2D eigenvalue weighted by Gasteiger charge is -2.42. The number of sulfonamides is 1. The van der Waals surface area contributed by atoms with Crippen LogP contribution in [0.15, 0.2) is 71.2 Å². The van der Waals surface area contributed by atoms with Crippen LogP contribution in [0.4, 0.5) is 10.8 Å². The van der Waals surface area contributed by atoms with Gasteiger partial charge in [-0.25, -0.2) is 13.4 Å². The third-order valence-electron chi connectivity index (χ3n) is 6.54. The molecule has 0 radical (unpaired) electrons. The van der Waals surface area contributed by atoms with Gasteiger partial charge in [0.05, 0.1) is 10.4 Å². The average Bonchev–Trinajstić information content (AvgIpc) is 3.52. The lowest BCUT2D eigenvalue weighted by molar-refractivity contribution is -0.136. The number of halogens is 1. The molecule has 4 aromatic rings. The van der Waals surface area contributed by atoms with E-state index in [1.807, 2.05) is 53.8 Å². The lowest BCUT2D eigenvalue weighted by atomic mass is 10.1. The van der Waals surface area contributed by atoms with Crippen molar-refractivity contribution < 1.29 is 14.6 Å². The molecule has 8 nitrogen and oxygen atoms in total. The molecule has 1 fully saturated rings. The first kappa shape index (κ1) is 24.6. The number of fused-ring (bicyclic) bond motifs is 1. The Labute approximate surface area is 220 Å². The summed E-state index contributed by atoms with van der Waals surface area (Å²) in [6.45, 7) is 5.85. The minimum Gasteiger partial charge on any atom is -0.368 e. The number of piperazine rings is 1. The summed E-state index contributed by atoms with van der Waals surface area (Å²) in [5.41, 5.74) is 1.86. The van der Waals surface area contributed by atoms with Crippen LogP contribution in [0.2, 0.25) is 5.02 Å². The number of hydrogen-bond donors (Lipinski definition) is 1. The molecule has 0 bridgehead atoms. The van der Waals surface area contributed by atoms with E-state index < -0.39 is 10.0 Å². The molecule has 1 aliphatic heterocycles. The molecule has 0 aliphatic carbocycles. The molecule has 5 rings (SSSR count). The third-order valence-corrected chi connectivity index (χ3v) is 8.94. The number of amides is 1. The molecule has 0 unspecified atom stereocenters. The fraction of sp³-hybridized carbons (Fsp3) is 0.280. The van der Waals surface area contributed by atoms with E-state index in [9.17, 15) is 13.2 Å². The number of anilines is 2. The van der Waals surface area contributed by atoms with Gasteiger partial charge in [-0.15, -0.1) is 11.3 Å². The van der Waals surface area contributed by atoms with Crippen LogP contribution in [0.3, 0.4) is 0 Å². The second kappa shape index (κ2) is 9.76. The van der Waals surface area contributed by atoms with Crippen molar-refractivity contribution in [1.82, 2.24) is 14.5 Å². The zero-order valence-corrected chi connectivity index (χ0v) is 22.2. The van der Waals surface area contributed by atoms with E-state index in [1.165, 1.54) is 11.3 Å². The number of benzene rings is 2. The number of rotatable bonds is 6. The van der Waals surface area contributed by atoms with Crippen LogP contribution in [0.1, 0.15) is 21.3 Å². The number of aromatic nitrogens is 2. The first-order valence-electron chi connectivity index (χ1n) is 11.6. The van der Waals surface area contributed by atoms with Crippen LogP contribution < -0.4 is 9.62 Å². The molecule has 11 heteroatoms. The van der Waals surface area contributed by atoms with Crippen molar-refractivity contribution in [2.45, 2.75) is 30.8 Å². The average molecular weight is 546 g/mol. The van der Waals surface area contributed by atoms with E-state index in [-0.39, 0.29) is 24.3 Å². The molecule has 2 aromatic heterocycles. The molecule has 1 aliphatic rings. The first-order valence-corrected chi connectivity index (χ1v) is 14.3. The monoisotopic (exact) mass is 545 g/mol. The number of carbonyl (C=O) groups is 1. The van der Waals surface area contributed by atoms with Crippen LogP contribution >= 0.6 is 22.9 Å². The van der Waals surface area contributed by atoms with Gasteiger partial charge < -0.3 is 14.4 Å². The van der Waals surface area contributed by atoms with Gasteiger partial charge in [0.15, 0.2) is 5.13 Å². The minimum absolute atomic E-state index is 0. The fourth-order valence-corrected chi connectivity index (χ4v) is 6.58. The predicted octanol–water partition coefficient (Wildman–Crippen LogP) is 5.10. The number of thiazole rings is 1. The van der Waals surface area contributed by atoms with Gasteiger partial charge in [-0.1, -0.05) is 17.7 Å². The minimum atomic E-state index is -3.70. The van der Waals surface area contributed by atoms with Gasteiger partial charge in [-0.2, -0.15) is 0 Å². The summed E-state index contributed by atoms with van der Waals surface area (Å²) in [5, 5.41) is 3.73. The second-order valence-corrected chi connectivity index (χ2v) is 11.9. The van der Waals surface area contributed by atoms with Crippen LogP contribution in [-0.4, -0.2) is 54.5 Å². The van der Waals surface area contributed by atoms with Crippen molar-refractivity contribution in [2.75, 3.05) is 29.3 Å². The highest BCUT2D eigenvalue weighted by molar-refractivity contribution is 7.93. The fourth-order valence-electron chi connectivity index (χ4n) is 4.62. The molecular formula is C25H28ClN5O3S2. The van der Waals surface area contributed by atoms with Crippen molar-refractivity contribution in [3.05, 3.63) is 71.3 Å². The van der Waals surface area contributed by atoms with Gasteiger partial charge in [0.25, 0.3) is 10.0 Å². The Bertz CT molecular complexity index is 1490. The Kier molecular flexibility index (Phi) is 6.67. The van der Waals surface area contributed by atoms with Crippen molar-refractivity contribution in [1.29, 1.82) is 0 Å². The SMILES string of the molecule is C[C@@H]1CN(c2ccc(S(=O)(=O)Nc3nccs3)cc2)CCN1C(=O)[C@H](C)n1ccc2ccc(Cl)cc21.[HH]. The molecule has 36 heavy (non-hydrogen) atoms. The lowest BCUT2D eigenvalue weighted by Crippen LogP contribution is -2.55. The maximum atomic E-state index is 13.4. The number of nitrogens with one attached hydrogen (secondary N) is 1. The largest absolute Gasteiger partial charge is 0.368 e. The molecule has 0 spiro atoms. The van der Waals surface area contributed by atoms with Crippen molar-refractivity contribution >= 4 is 60.6 Å². The summed E-state index contributed by atoms with van der Waals surface area (Å²) in [7, 11) is -3.70. The maximum absolute atomic E-state index is 13.4. The summed E-state index contributed by atoms with van der Waals surface area (Å²) in [6.07, 6.45) is 3.48. The Morgan fingerprint density at radius 2 is 1.97 bits per heavy atom. The summed E-state index contributed by atoms with van der Waals surface area (Å²) in [6, 6.07) is 14.1. The van der Waals surface area contributed by atoms with Gasteiger partial charge in [-0.05, 0) is 61.7 Å². The maximum Gasteiger partial charge on any atom is 0.263 e. The van der Waals surface area contributed by atoms with E-state index in [4.69, 9.17) is 11.6 Å². The van der Waals surface area contributed by atoms with Crippen molar-refractivity contribution in [2.24, 2.45) is 0 Å². The summed E-state index contributed by atoms with van der Waals surface area (Å²) in [4.78, 5) is 21.7. The van der Waals surface area contributed by atoms with E-state index in [1.54, 1.807) is 35.8 Å². The Morgan fingerprint density at radius 1 is 1.19 bits per heavy atom. The van der Waals surface area contributed by atoms with Gasteiger partial charge >= 0.3 is 0 Å². The highest BCUT2D eigenvalue weighted by atomic mass is 35.5. The Morgan fingerprint density at radius 3 is 2.67 bits per heavy atom. The standard InChI is InChI=1S/C25H26ClN5O3S2.H2/c1-17-16-29(21-5-7-22(8-6-21)36(33,34)28-25-27-10-14-35-25)12-13-30(17)24(32)18(2)31-11-9-19-3-4-20(26)15-23(19)31;/h3-11,14-15,17-18H,12-13,16H2,1-2H3,(H,27,28);1H/t17-,18+;/m1./s1. The van der Waals surface area contributed by atoms with Crippen LogP contribution in [0.5, 0.6) is 0 Å². The Balaban J connectivity index is 0.00000320. The summed E-state index contributed by atoms with van der Waals surface area (Å²) in [5.74, 6) is 0.0642. The van der Waals surface area contributed by atoms with E-state index in [2.05, 4.69) is 14.6 Å². The molecular weight excluding hydrogens is 518 g/mol. The number of carbonyl (C=O) groups excluding carboxylic acids is 1. The number of nitrogens with zero attached hydrogens (tertiary/aromatic N) is 4. The summed E-state index contributed by atoms with van der Waals surface area (Å²) < 4.78 is 29.7. The van der Waals surface area contributed by atoms with Crippen molar-refractivity contribution in [3.8, 4) is 0 Å². The van der Waals surface area contributed by atoms with Gasteiger partial charge in [-0.3, -0.25) is 9.52 Å². The third kappa shape index (κ3) is 4.80. The zero-order chi connectivity index (χ0) is 25.4. The van der Waals surface area contributed by atoms with E-state index >= 15 is 0 Å². The highest BCUT2D eigenvalue weighted by Crippen LogP contribution is 2.27. The smallest absolute Gasteiger partial charge is 0.263 e. The normalized spacial score (nSPS) is 17.4. The van der Waals surface area contributed by atoms with E-state index in [0.717, 1.165) is 16.6 Å². The van der Waals surface area contributed by atoms with Gasteiger partial charge in [0, 0.05) is 55.6 Å². The number of hydrogen-bond acceptors (Lipinski definition) is 6. The molecule has 2 aromatic carbocycles. The molecule has 190 valence electrons. The zero-order valence-electron chi connectivity index (χ0n) is 19.8. The first-order chi connectivity index (χ1) is 17.2. The van der Waals surface area contributed by atoms with Gasteiger partial charge in [0.2, 0.25) is 5.91 Å².